The van der Waals surface area contributed by atoms with E-state index in [1.54, 1.807) is 0 Å². The normalized spacial score (nSPS) is 18.6. The van der Waals surface area contributed by atoms with Crippen molar-refractivity contribution >= 4 is 28.3 Å². The average molecular weight is 331 g/mol. The summed E-state index contributed by atoms with van der Waals surface area (Å²) in [7, 11) is 0. The molecule has 1 aliphatic rings. The maximum atomic E-state index is 5.30. The molecule has 4 nitrogen and oxygen atoms in total. The average Bonchev–Trinajstić information content (AvgIpc) is 3.00. The van der Waals surface area contributed by atoms with Crippen LogP contribution in [0.3, 0.4) is 0 Å². The molecule has 96 valence electrons. The molecule has 1 aliphatic heterocycles. The number of hydrogen-bond donors (Lipinski definition) is 1. The molecule has 2 heterocycles. The number of halogens is 2. The molecule has 1 aromatic heterocycles. The maximum Gasteiger partial charge on any atom is 0.244 e. The highest BCUT2D eigenvalue weighted by Gasteiger charge is 2.22. The van der Waals surface area contributed by atoms with Crippen LogP contribution in [-0.2, 0) is 0 Å². The van der Waals surface area contributed by atoms with E-state index >= 15 is 0 Å². The van der Waals surface area contributed by atoms with E-state index < -0.39 is 0 Å². The van der Waals surface area contributed by atoms with Gasteiger partial charge in [0.05, 0.1) is 6.04 Å². The molecule has 0 saturated carbocycles. The third-order valence-electron chi connectivity index (χ3n) is 2.90. The van der Waals surface area contributed by atoms with Gasteiger partial charge in [0.15, 0.2) is 0 Å². The Kier molecular flexibility index (Phi) is 4.37. The van der Waals surface area contributed by atoms with Crippen LogP contribution < -0.4 is 5.32 Å². The van der Waals surface area contributed by atoms with Crippen molar-refractivity contribution in [3.05, 3.63) is 34.6 Å². The van der Waals surface area contributed by atoms with Gasteiger partial charge in [0, 0.05) is 10.0 Å². The number of nitrogens with zero attached hydrogens (tertiary/aromatic N) is 2. The molecular weight excluding hydrogens is 318 g/mol. The third kappa shape index (κ3) is 2.74. The molecule has 1 aromatic carbocycles. The first-order chi connectivity index (χ1) is 8.33. The number of aromatic nitrogens is 2. The minimum atomic E-state index is 0. The molecule has 1 fully saturated rings. The van der Waals surface area contributed by atoms with Crippen LogP contribution in [0.15, 0.2) is 33.3 Å². The zero-order valence-corrected chi connectivity index (χ0v) is 12.0. The maximum absolute atomic E-state index is 5.30. The topological polar surface area (TPSA) is 51.0 Å². The van der Waals surface area contributed by atoms with Gasteiger partial charge in [-0.3, -0.25) is 0 Å². The summed E-state index contributed by atoms with van der Waals surface area (Å²) in [5.41, 5.74) is 0.973. The van der Waals surface area contributed by atoms with E-state index in [1.807, 2.05) is 24.3 Å². The SMILES string of the molecule is Brc1ccc(-c2noc(C3CCCN3)n2)cc1.Cl. The highest BCUT2D eigenvalue weighted by molar-refractivity contribution is 9.10. The highest BCUT2D eigenvalue weighted by atomic mass is 79.9. The number of nitrogens with one attached hydrogen (secondary N) is 1. The van der Waals surface area contributed by atoms with Crippen LogP contribution in [0.5, 0.6) is 0 Å². The van der Waals surface area contributed by atoms with Crippen molar-refractivity contribution < 1.29 is 4.52 Å². The molecule has 1 saturated heterocycles. The standard InChI is InChI=1S/C12H12BrN3O.ClH/c13-9-5-3-8(4-6-9)11-15-12(17-16-11)10-2-1-7-14-10;/h3-6,10,14H,1-2,7H2;1H. The summed E-state index contributed by atoms with van der Waals surface area (Å²) in [4.78, 5) is 4.44. The molecule has 1 unspecified atom stereocenters. The van der Waals surface area contributed by atoms with E-state index in [1.165, 1.54) is 6.42 Å². The van der Waals surface area contributed by atoms with Gasteiger partial charge < -0.3 is 9.84 Å². The van der Waals surface area contributed by atoms with Crippen LogP contribution in [-0.4, -0.2) is 16.7 Å². The first kappa shape index (κ1) is 13.5. The van der Waals surface area contributed by atoms with E-state index in [-0.39, 0.29) is 18.4 Å². The Hall–Kier alpha value is -0.910. The van der Waals surface area contributed by atoms with Gasteiger partial charge in [-0.05, 0) is 43.7 Å². The van der Waals surface area contributed by atoms with Gasteiger partial charge in [0.25, 0.3) is 0 Å². The fraction of sp³-hybridized carbons (Fsp3) is 0.333. The lowest BCUT2D eigenvalue weighted by atomic mass is 10.2. The Balaban J connectivity index is 0.00000120. The first-order valence-electron chi connectivity index (χ1n) is 5.66. The minimum absolute atomic E-state index is 0. The van der Waals surface area contributed by atoms with Gasteiger partial charge in [-0.15, -0.1) is 12.4 Å². The monoisotopic (exact) mass is 329 g/mol. The minimum Gasteiger partial charge on any atom is -0.337 e. The predicted molar refractivity (Wildman–Crippen MR) is 74.7 cm³/mol. The molecule has 2 aromatic rings. The summed E-state index contributed by atoms with van der Waals surface area (Å²) in [5.74, 6) is 1.35. The second-order valence-electron chi connectivity index (χ2n) is 4.11. The zero-order valence-electron chi connectivity index (χ0n) is 9.60. The molecule has 0 radical (unpaired) electrons. The second-order valence-corrected chi connectivity index (χ2v) is 5.03. The molecule has 0 amide bonds. The van der Waals surface area contributed by atoms with E-state index in [0.29, 0.717) is 11.7 Å². The molecule has 1 N–H and O–H groups in total. The lowest BCUT2D eigenvalue weighted by Crippen LogP contribution is -2.12. The lowest BCUT2D eigenvalue weighted by molar-refractivity contribution is 0.345. The van der Waals surface area contributed by atoms with Crippen molar-refractivity contribution in [3.63, 3.8) is 0 Å². The van der Waals surface area contributed by atoms with Crippen molar-refractivity contribution in [2.45, 2.75) is 18.9 Å². The largest absolute Gasteiger partial charge is 0.337 e. The Labute approximate surface area is 120 Å². The zero-order chi connectivity index (χ0) is 11.7. The fourth-order valence-electron chi connectivity index (χ4n) is 1.99. The van der Waals surface area contributed by atoms with Crippen molar-refractivity contribution in [1.82, 2.24) is 15.5 Å². The van der Waals surface area contributed by atoms with Crippen LogP contribution in [0.1, 0.15) is 24.8 Å². The first-order valence-corrected chi connectivity index (χ1v) is 6.45. The Morgan fingerprint density at radius 1 is 1.28 bits per heavy atom. The van der Waals surface area contributed by atoms with Gasteiger partial charge in [0.2, 0.25) is 11.7 Å². The molecule has 3 rings (SSSR count). The Bertz CT molecular complexity index is 508. The fourth-order valence-corrected chi connectivity index (χ4v) is 2.25. The molecule has 1 atom stereocenters. The Morgan fingerprint density at radius 2 is 2.06 bits per heavy atom. The molecule has 6 heteroatoms. The lowest BCUT2D eigenvalue weighted by Gasteiger charge is -2.01. The molecular formula is C12H13BrClN3O. The number of benzene rings is 1. The van der Waals surface area contributed by atoms with Crippen molar-refractivity contribution in [2.24, 2.45) is 0 Å². The highest BCUT2D eigenvalue weighted by Crippen LogP contribution is 2.24. The van der Waals surface area contributed by atoms with E-state index in [0.717, 1.165) is 23.0 Å². The molecule has 18 heavy (non-hydrogen) atoms. The number of rotatable bonds is 2. The summed E-state index contributed by atoms with van der Waals surface area (Å²) >= 11 is 3.40. The quantitative estimate of drug-likeness (QED) is 0.917. The summed E-state index contributed by atoms with van der Waals surface area (Å²) in [6.45, 7) is 1.03. The van der Waals surface area contributed by atoms with Crippen LogP contribution >= 0.6 is 28.3 Å². The Morgan fingerprint density at radius 3 is 2.72 bits per heavy atom. The van der Waals surface area contributed by atoms with Crippen molar-refractivity contribution in [3.8, 4) is 11.4 Å². The van der Waals surface area contributed by atoms with E-state index in [9.17, 15) is 0 Å². The molecule has 0 spiro atoms. The van der Waals surface area contributed by atoms with Crippen LogP contribution in [0.2, 0.25) is 0 Å². The summed E-state index contributed by atoms with van der Waals surface area (Å²) in [6, 6.07) is 8.12. The van der Waals surface area contributed by atoms with Gasteiger partial charge in [0.1, 0.15) is 0 Å². The van der Waals surface area contributed by atoms with Crippen LogP contribution in [0, 0.1) is 0 Å². The van der Waals surface area contributed by atoms with E-state index in [2.05, 4.69) is 31.4 Å². The van der Waals surface area contributed by atoms with Crippen LogP contribution in [0.25, 0.3) is 11.4 Å². The predicted octanol–water partition coefficient (Wildman–Crippen LogP) is 3.35. The summed E-state index contributed by atoms with van der Waals surface area (Å²) < 4.78 is 6.34. The van der Waals surface area contributed by atoms with Crippen molar-refractivity contribution in [1.29, 1.82) is 0 Å². The van der Waals surface area contributed by atoms with Crippen LogP contribution in [0.4, 0.5) is 0 Å². The summed E-state index contributed by atoms with van der Waals surface area (Å²) in [5, 5.41) is 7.36. The van der Waals surface area contributed by atoms with Gasteiger partial charge in [-0.2, -0.15) is 4.98 Å². The van der Waals surface area contributed by atoms with E-state index in [4.69, 9.17) is 4.52 Å². The molecule has 0 aliphatic carbocycles. The van der Waals surface area contributed by atoms with Gasteiger partial charge in [-0.25, -0.2) is 0 Å². The van der Waals surface area contributed by atoms with Gasteiger partial charge >= 0.3 is 0 Å². The second kappa shape index (κ2) is 5.82. The number of hydrogen-bond acceptors (Lipinski definition) is 4. The van der Waals surface area contributed by atoms with Crippen molar-refractivity contribution in [2.75, 3.05) is 6.54 Å². The molecule has 0 bridgehead atoms. The smallest absolute Gasteiger partial charge is 0.244 e. The summed E-state index contributed by atoms with van der Waals surface area (Å²) in [6.07, 6.45) is 2.24. The third-order valence-corrected chi connectivity index (χ3v) is 3.43. The van der Waals surface area contributed by atoms with Gasteiger partial charge in [-0.1, -0.05) is 21.1 Å².